The lowest BCUT2D eigenvalue weighted by molar-refractivity contribution is 0.311. The van der Waals surface area contributed by atoms with Gasteiger partial charge in [-0.2, -0.15) is 20.1 Å². The Labute approximate surface area is 204 Å². The van der Waals surface area contributed by atoms with Crippen molar-refractivity contribution in [3.63, 3.8) is 0 Å². The van der Waals surface area contributed by atoms with E-state index in [9.17, 15) is 0 Å². The monoisotopic (exact) mass is 502 g/mol. The molecule has 0 spiro atoms. The third-order valence-electron chi connectivity index (χ3n) is 5.04. The molecular formula is C21H20Cl2N8OS. The van der Waals surface area contributed by atoms with Gasteiger partial charge in [0.15, 0.2) is 16.7 Å². The Balaban J connectivity index is 1.44. The van der Waals surface area contributed by atoms with Crippen LogP contribution in [0.25, 0.3) is 11.5 Å². The van der Waals surface area contributed by atoms with E-state index in [0.717, 1.165) is 36.8 Å². The molecule has 3 aromatic heterocycles. The number of anilines is 3. The molecule has 0 unspecified atom stereocenters. The third kappa shape index (κ3) is 5.41. The number of hydrogen-bond donors (Lipinski definition) is 2. The summed E-state index contributed by atoms with van der Waals surface area (Å²) < 4.78 is 5.42. The molecule has 4 aromatic rings. The van der Waals surface area contributed by atoms with Crippen molar-refractivity contribution >= 4 is 52.7 Å². The second-order valence-corrected chi connectivity index (χ2v) is 9.42. The predicted molar refractivity (Wildman–Crippen MR) is 130 cm³/mol. The topological polar surface area (TPSA) is 99.0 Å². The predicted octanol–water partition coefficient (Wildman–Crippen LogP) is 4.81. The van der Waals surface area contributed by atoms with E-state index >= 15 is 0 Å². The first-order valence-corrected chi connectivity index (χ1v) is 11.8. The van der Waals surface area contributed by atoms with Crippen LogP contribution in [0.1, 0.15) is 0 Å². The van der Waals surface area contributed by atoms with Crippen LogP contribution in [0.2, 0.25) is 10.0 Å². The summed E-state index contributed by atoms with van der Waals surface area (Å²) in [5.41, 5.74) is 0.749. The number of furan rings is 1. The summed E-state index contributed by atoms with van der Waals surface area (Å²) in [7, 11) is 2.11. The molecule has 1 saturated heterocycles. The molecule has 12 heteroatoms. The molecule has 170 valence electrons. The highest BCUT2D eigenvalue weighted by Crippen LogP contribution is 2.32. The van der Waals surface area contributed by atoms with Crippen LogP contribution in [-0.4, -0.2) is 63.3 Å². The molecule has 0 amide bonds. The summed E-state index contributed by atoms with van der Waals surface area (Å²) in [5.74, 6) is 2.27. The Bertz CT molecular complexity index is 1220. The van der Waals surface area contributed by atoms with E-state index in [-0.39, 0.29) is 0 Å². The number of aromatic amines is 1. The molecule has 1 aliphatic heterocycles. The molecule has 0 saturated carbocycles. The van der Waals surface area contributed by atoms with Gasteiger partial charge in [0.1, 0.15) is 5.69 Å². The van der Waals surface area contributed by atoms with Crippen LogP contribution in [0.3, 0.4) is 0 Å². The van der Waals surface area contributed by atoms with E-state index in [1.165, 1.54) is 11.8 Å². The van der Waals surface area contributed by atoms with E-state index in [1.54, 1.807) is 12.3 Å². The van der Waals surface area contributed by atoms with Crippen molar-refractivity contribution < 1.29 is 4.42 Å². The van der Waals surface area contributed by atoms with Crippen LogP contribution in [0.4, 0.5) is 17.7 Å². The van der Waals surface area contributed by atoms with Crippen LogP contribution >= 0.6 is 35.0 Å². The normalized spacial score (nSPS) is 14.6. The molecule has 1 aliphatic rings. The third-order valence-corrected chi connectivity index (χ3v) is 6.31. The fourth-order valence-electron chi connectivity index (χ4n) is 3.35. The summed E-state index contributed by atoms with van der Waals surface area (Å²) in [6.07, 6.45) is 1.61. The number of aromatic nitrogens is 5. The molecule has 0 radical (unpaired) electrons. The maximum Gasteiger partial charge on any atom is 0.234 e. The molecule has 1 fully saturated rings. The standard InChI is InChI=1S/C21H20Cl2N8OS/c1-30-4-6-31(7-5-30)20-25-19(24-18-12-16(28-29-18)17-3-2-8-32-17)26-21(27-20)33-15-10-13(22)9-14(23)11-15/h2-3,8-12H,4-7H2,1H3,(H2,24,25,26,27,28,29). The minimum Gasteiger partial charge on any atom is -0.463 e. The van der Waals surface area contributed by atoms with Crippen LogP contribution in [0, 0.1) is 0 Å². The van der Waals surface area contributed by atoms with Gasteiger partial charge < -0.3 is 19.5 Å². The van der Waals surface area contributed by atoms with Gasteiger partial charge in [0, 0.05) is 47.2 Å². The van der Waals surface area contributed by atoms with Crippen molar-refractivity contribution in [3.05, 3.63) is 52.7 Å². The number of H-pyrrole nitrogens is 1. The Morgan fingerprint density at radius 1 is 1.03 bits per heavy atom. The molecule has 0 aliphatic carbocycles. The summed E-state index contributed by atoms with van der Waals surface area (Å²) in [5, 5.41) is 12.1. The Hall–Kier alpha value is -2.79. The molecule has 5 rings (SSSR count). The van der Waals surface area contributed by atoms with Crippen LogP contribution < -0.4 is 10.2 Å². The number of halogens is 2. The van der Waals surface area contributed by atoms with E-state index in [0.29, 0.717) is 38.7 Å². The van der Waals surface area contributed by atoms with Crippen molar-refractivity contribution in [2.24, 2.45) is 0 Å². The van der Waals surface area contributed by atoms with Crippen LogP contribution in [-0.2, 0) is 0 Å². The number of benzene rings is 1. The van der Waals surface area contributed by atoms with E-state index < -0.39 is 0 Å². The molecule has 4 heterocycles. The van der Waals surface area contributed by atoms with Gasteiger partial charge in [-0.05, 0) is 49.1 Å². The van der Waals surface area contributed by atoms with Crippen molar-refractivity contribution in [1.29, 1.82) is 0 Å². The average Bonchev–Trinajstić information content (AvgIpc) is 3.45. The summed E-state index contributed by atoms with van der Waals surface area (Å²) in [6, 6.07) is 10.9. The number of nitrogens with one attached hydrogen (secondary N) is 2. The minimum absolute atomic E-state index is 0.395. The highest BCUT2D eigenvalue weighted by molar-refractivity contribution is 7.99. The lowest BCUT2D eigenvalue weighted by Crippen LogP contribution is -2.45. The highest BCUT2D eigenvalue weighted by atomic mass is 35.5. The number of likely N-dealkylation sites (N-methyl/N-ethyl adjacent to an activating group) is 1. The summed E-state index contributed by atoms with van der Waals surface area (Å²) in [4.78, 5) is 19.2. The molecule has 0 bridgehead atoms. The van der Waals surface area contributed by atoms with Crippen LogP contribution in [0.15, 0.2) is 57.1 Å². The number of piperazine rings is 1. The molecule has 33 heavy (non-hydrogen) atoms. The van der Waals surface area contributed by atoms with Gasteiger partial charge in [-0.15, -0.1) is 0 Å². The average molecular weight is 503 g/mol. The number of rotatable bonds is 6. The molecule has 1 aromatic carbocycles. The van der Waals surface area contributed by atoms with Crippen molar-refractivity contribution in [2.75, 3.05) is 43.4 Å². The largest absolute Gasteiger partial charge is 0.463 e. The summed E-state index contributed by atoms with van der Waals surface area (Å²) >= 11 is 13.7. The smallest absolute Gasteiger partial charge is 0.234 e. The highest BCUT2D eigenvalue weighted by Gasteiger charge is 2.19. The molecule has 0 atom stereocenters. The van der Waals surface area contributed by atoms with E-state index in [1.807, 2.05) is 30.3 Å². The first-order chi connectivity index (χ1) is 16.0. The summed E-state index contributed by atoms with van der Waals surface area (Å²) in [6.45, 7) is 3.54. The first-order valence-electron chi connectivity index (χ1n) is 10.2. The van der Waals surface area contributed by atoms with Gasteiger partial charge >= 0.3 is 0 Å². The second-order valence-electron chi connectivity index (χ2n) is 7.51. The van der Waals surface area contributed by atoms with Crippen molar-refractivity contribution in [1.82, 2.24) is 30.0 Å². The Kier molecular flexibility index (Phi) is 6.41. The fourth-order valence-corrected chi connectivity index (χ4v) is 4.84. The van der Waals surface area contributed by atoms with Crippen molar-refractivity contribution in [2.45, 2.75) is 10.1 Å². The van der Waals surface area contributed by atoms with E-state index in [2.05, 4.69) is 42.3 Å². The quantitative estimate of drug-likeness (QED) is 0.384. The van der Waals surface area contributed by atoms with Gasteiger partial charge in [-0.1, -0.05) is 23.2 Å². The fraction of sp³-hybridized carbons (Fsp3) is 0.238. The zero-order valence-corrected chi connectivity index (χ0v) is 20.0. The Morgan fingerprint density at radius 2 is 1.82 bits per heavy atom. The van der Waals surface area contributed by atoms with E-state index in [4.69, 9.17) is 32.6 Å². The SMILES string of the molecule is CN1CCN(c2nc(Nc3cc(-c4ccco4)[nH]n3)nc(Sc3cc(Cl)cc(Cl)c3)n2)CC1. The lowest BCUT2D eigenvalue weighted by atomic mass is 10.3. The van der Waals surface area contributed by atoms with Gasteiger partial charge in [0.25, 0.3) is 0 Å². The second kappa shape index (κ2) is 9.60. The van der Waals surface area contributed by atoms with Gasteiger partial charge in [-0.25, -0.2) is 0 Å². The lowest BCUT2D eigenvalue weighted by Gasteiger charge is -2.32. The van der Waals surface area contributed by atoms with Crippen molar-refractivity contribution in [3.8, 4) is 11.5 Å². The molecule has 9 nitrogen and oxygen atoms in total. The maximum absolute atomic E-state index is 6.17. The minimum atomic E-state index is 0.395. The zero-order valence-electron chi connectivity index (χ0n) is 17.6. The zero-order chi connectivity index (χ0) is 22.8. The number of nitrogens with zero attached hydrogens (tertiary/aromatic N) is 6. The van der Waals surface area contributed by atoms with Gasteiger partial charge in [0.05, 0.1) is 6.26 Å². The molecular weight excluding hydrogens is 483 g/mol. The van der Waals surface area contributed by atoms with Gasteiger partial charge in [0.2, 0.25) is 11.9 Å². The number of hydrogen-bond acceptors (Lipinski definition) is 9. The first kappa shape index (κ1) is 22.0. The maximum atomic E-state index is 6.17. The van der Waals surface area contributed by atoms with Crippen LogP contribution in [0.5, 0.6) is 0 Å². The molecule has 2 N–H and O–H groups in total. The Morgan fingerprint density at radius 3 is 2.55 bits per heavy atom. The van der Waals surface area contributed by atoms with Gasteiger partial charge in [-0.3, -0.25) is 5.10 Å².